The van der Waals surface area contributed by atoms with Crippen LogP contribution in [-0.2, 0) is 4.74 Å². The van der Waals surface area contributed by atoms with Crippen LogP contribution in [0.4, 0.5) is 4.79 Å². The molecular weight excluding hydrogens is 192 g/mol. The van der Waals surface area contributed by atoms with Crippen LogP contribution in [0.25, 0.3) is 0 Å². The van der Waals surface area contributed by atoms with Crippen LogP contribution in [0.2, 0.25) is 0 Å². The van der Waals surface area contributed by atoms with Crippen molar-refractivity contribution in [3.63, 3.8) is 0 Å². The molecule has 0 aromatic heterocycles. The lowest BCUT2D eigenvalue weighted by atomic mass is 10.2. The van der Waals surface area contributed by atoms with Crippen molar-refractivity contribution in [2.75, 3.05) is 32.8 Å². The first kappa shape index (κ1) is 10.7. The van der Waals surface area contributed by atoms with Crippen molar-refractivity contribution in [3.05, 3.63) is 0 Å². The molecule has 0 N–H and O–H groups in total. The molecule has 0 saturated carbocycles. The van der Waals surface area contributed by atoms with Gasteiger partial charge in [0, 0.05) is 19.1 Å². The summed E-state index contributed by atoms with van der Waals surface area (Å²) in [6.07, 6.45) is 3.60. The zero-order chi connectivity index (χ0) is 10.7. The van der Waals surface area contributed by atoms with Crippen molar-refractivity contribution in [3.8, 4) is 0 Å². The van der Waals surface area contributed by atoms with E-state index in [0.717, 1.165) is 19.5 Å². The number of amides is 1. The van der Waals surface area contributed by atoms with Crippen molar-refractivity contribution < 1.29 is 9.53 Å². The van der Waals surface area contributed by atoms with Gasteiger partial charge in [0.15, 0.2) is 0 Å². The summed E-state index contributed by atoms with van der Waals surface area (Å²) < 4.78 is 5.01. The van der Waals surface area contributed by atoms with E-state index in [-0.39, 0.29) is 6.09 Å². The van der Waals surface area contributed by atoms with E-state index in [9.17, 15) is 4.79 Å². The van der Waals surface area contributed by atoms with Crippen molar-refractivity contribution in [1.29, 1.82) is 0 Å². The monoisotopic (exact) mass is 212 g/mol. The molecule has 0 aliphatic carbocycles. The minimum absolute atomic E-state index is 0.140. The molecule has 0 bridgehead atoms. The van der Waals surface area contributed by atoms with Crippen LogP contribution >= 0.6 is 0 Å². The predicted octanol–water partition coefficient (Wildman–Crippen LogP) is 1.31. The fraction of sp³-hybridized carbons (Fsp3) is 0.909. The topological polar surface area (TPSA) is 32.8 Å². The summed E-state index contributed by atoms with van der Waals surface area (Å²) in [6.45, 7) is 6.47. The summed E-state index contributed by atoms with van der Waals surface area (Å²) >= 11 is 0. The molecule has 2 rings (SSSR count). The lowest BCUT2D eigenvalue weighted by Gasteiger charge is -2.23. The number of carbonyl (C=O) groups is 1. The van der Waals surface area contributed by atoms with E-state index >= 15 is 0 Å². The van der Waals surface area contributed by atoms with Crippen LogP contribution in [0.15, 0.2) is 0 Å². The Labute approximate surface area is 91.2 Å². The largest absolute Gasteiger partial charge is 0.450 e. The van der Waals surface area contributed by atoms with Crippen LogP contribution in [0, 0.1) is 0 Å². The number of hydrogen-bond acceptors (Lipinski definition) is 3. The average Bonchev–Trinajstić information content (AvgIpc) is 2.89. The van der Waals surface area contributed by atoms with Gasteiger partial charge in [-0.25, -0.2) is 4.79 Å². The molecule has 2 fully saturated rings. The SMILES string of the molecule is CCOC(=O)N1CCC(N2CCCC2)C1. The van der Waals surface area contributed by atoms with Gasteiger partial charge in [-0.1, -0.05) is 0 Å². The summed E-state index contributed by atoms with van der Waals surface area (Å²) in [5.74, 6) is 0. The highest BCUT2D eigenvalue weighted by molar-refractivity contribution is 5.68. The third-order valence-corrected chi connectivity index (χ3v) is 3.35. The summed E-state index contributed by atoms with van der Waals surface area (Å²) in [7, 11) is 0. The molecule has 86 valence electrons. The molecule has 2 aliphatic rings. The minimum atomic E-state index is -0.140. The number of nitrogens with zero attached hydrogens (tertiary/aromatic N) is 2. The third kappa shape index (κ3) is 2.43. The van der Waals surface area contributed by atoms with Crippen molar-refractivity contribution in [2.45, 2.75) is 32.2 Å². The molecule has 15 heavy (non-hydrogen) atoms. The lowest BCUT2D eigenvalue weighted by Crippen LogP contribution is -2.37. The average molecular weight is 212 g/mol. The second kappa shape index (κ2) is 4.84. The summed E-state index contributed by atoms with van der Waals surface area (Å²) in [6, 6.07) is 0.580. The quantitative estimate of drug-likeness (QED) is 0.692. The molecule has 0 radical (unpaired) electrons. The van der Waals surface area contributed by atoms with Gasteiger partial charge >= 0.3 is 6.09 Å². The zero-order valence-electron chi connectivity index (χ0n) is 9.45. The van der Waals surface area contributed by atoms with E-state index in [4.69, 9.17) is 4.74 Å². The van der Waals surface area contributed by atoms with Gasteiger partial charge in [0.25, 0.3) is 0 Å². The van der Waals surface area contributed by atoms with Gasteiger partial charge in [-0.3, -0.25) is 4.90 Å². The van der Waals surface area contributed by atoms with Crippen LogP contribution in [-0.4, -0.2) is 54.7 Å². The standard InChI is InChI=1S/C11H20N2O2/c1-2-15-11(14)13-8-5-10(9-13)12-6-3-4-7-12/h10H,2-9H2,1H3. The van der Waals surface area contributed by atoms with Gasteiger partial charge in [-0.2, -0.15) is 0 Å². The van der Waals surface area contributed by atoms with Crippen LogP contribution in [0.3, 0.4) is 0 Å². The summed E-state index contributed by atoms with van der Waals surface area (Å²) in [5, 5.41) is 0. The molecule has 0 aromatic rings. The Balaban J connectivity index is 1.80. The molecule has 4 heteroatoms. The van der Waals surface area contributed by atoms with Crippen LogP contribution in [0.5, 0.6) is 0 Å². The molecule has 2 aliphatic heterocycles. The van der Waals surface area contributed by atoms with Crippen molar-refractivity contribution >= 4 is 6.09 Å². The number of hydrogen-bond donors (Lipinski definition) is 0. The smallest absolute Gasteiger partial charge is 0.409 e. The third-order valence-electron chi connectivity index (χ3n) is 3.35. The van der Waals surface area contributed by atoms with E-state index in [1.54, 1.807) is 0 Å². The first-order valence-electron chi connectivity index (χ1n) is 5.97. The molecular formula is C11H20N2O2. The molecule has 4 nitrogen and oxygen atoms in total. The van der Waals surface area contributed by atoms with Crippen molar-refractivity contribution in [2.24, 2.45) is 0 Å². The Morgan fingerprint density at radius 3 is 2.73 bits per heavy atom. The van der Waals surface area contributed by atoms with Crippen molar-refractivity contribution in [1.82, 2.24) is 9.80 Å². The zero-order valence-corrected chi connectivity index (χ0v) is 9.45. The Morgan fingerprint density at radius 2 is 2.07 bits per heavy atom. The molecule has 1 atom stereocenters. The summed E-state index contributed by atoms with van der Waals surface area (Å²) in [5.41, 5.74) is 0. The number of ether oxygens (including phenoxy) is 1. The van der Waals surface area contributed by atoms with E-state index in [1.165, 1.54) is 25.9 Å². The fourth-order valence-electron chi connectivity index (χ4n) is 2.53. The molecule has 1 unspecified atom stereocenters. The highest BCUT2D eigenvalue weighted by Crippen LogP contribution is 2.20. The van der Waals surface area contributed by atoms with E-state index in [1.807, 2.05) is 11.8 Å². The second-order valence-electron chi connectivity index (χ2n) is 4.33. The predicted molar refractivity (Wildman–Crippen MR) is 57.8 cm³/mol. The van der Waals surface area contributed by atoms with Gasteiger partial charge in [-0.15, -0.1) is 0 Å². The second-order valence-corrected chi connectivity index (χ2v) is 4.33. The van der Waals surface area contributed by atoms with Gasteiger partial charge in [0.05, 0.1) is 6.61 Å². The Kier molecular flexibility index (Phi) is 3.46. The normalized spacial score (nSPS) is 27.3. The minimum Gasteiger partial charge on any atom is -0.450 e. The Hall–Kier alpha value is -0.770. The summed E-state index contributed by atoms with van der Waals surface area (Å²) in [4.78, 5) is 15.8. The maximum atomic E-state index is 11.5. The Bertz CT molecular complexity index is 227. The number of rotatable bonds is 2. The van der Waals surface area contributed by atoms with E-state index in [2.05, 4.69) is 4.90 Å². The lowest BCUT2D eigenvalue weighted by molar-refractivity contribution is 0.112. The Morgan fingerprint density at radius 1 is 1.33 bits per heavy atom. The molecule has 1 amide bonds. The fourth-order valence-corrected chi connectivity index (χ4v) is 2.53. The van der Waals surface area contributed by atoms with Gasteiger partial charge < -0.3 is 9.64 Å². The molecule has 0 spiro atoms. The van der Waals surface area contributed by atoms with Gasteiger partial charge in [-0.05, 0) is 39.3 Å². The molecule has 2 heterocycles. The first-order valence-corrected chi connectivity index (χ1v) is 5.97. The maximum Gasteiger partial charge on any atom is 0.409 e. The molecule has 0 aromatic carbocycles. The van der Waals surface area contributed by atoms with Gasteiger partial charge in [0.2, 0.25) is 0 Å². The molecule has 2 saturated heterocycles. The van der Waals surface area contributed by atoms with E-state index < -0.39 is 0 Å². The first-order chi connectivity index (χ1) is 7.31. The van der Waals surface area contributed by atoms with E-state index in [0.29, 0.717) is 12.6 Å². The highest BCUT2D eigenvalue weighted by atomic mass is 16.6. The van der Waals surface area contributed by atoms with Crippen LogP contribution < -0.4 is 0 Å². The van der Waals surface area contributed by atoms with Gasteiger partial charge in [0.1, 0.15) is 0 Å². The maximum absolute atomic E-state index is 11.5. The number of carbonyl (C=O) groups excluding carboxylic acids is 1. The highest BCUT2D eigenvalue weighted by Gasteiger charge is 2.31. The van der Waals surface area contributed by atoms with Crippen LogP contribution in [0.1, 0.15) is 26.2 Å². The number of likely N-dealkylation sites (tertiary alicyclic amines) is 2.